The number of hydrogen-bond donors (Lipinski definition) is 2. The van der Waals surface area contributed by atoms with Crippen molar-refractivity contribution in [3.63, 3.8) is 0 Å². The molecule has 152 valence electrons. The topological polar surface area (TPSA) is 94.4 Å². The number of anilines is 1. The molecule has 29 heavy (non-hydrogen) atoms. The van der Waals surface area contributed by atoms with Crippen LogP contribution in [0.2, 0.25) is 5.02 Å². The second-order valence-electron chi connectivity index (χ2n) is 5.91. The summed E-state index contributed by atoms with van der Waals surface area (Å²) in [5.41, 5.74) is 6.58. The number of carbonyl (C=O) groups is 2. The van der Waals surface area contributed by atoms with Crippen LogP contribution in [0.25, 0.3) is 10.9 Å². The van der Waals surface area contributed by atoms with Crippen LogP contribution in [0.3, 0.4) is 0 Å². The lowest BCUT2D eigenvalue weighted by Gasteiger charge is -2.09. The van der Waals surface area contributed by atoms with E-state index < -0.39 is 23.9 Å². The van der Waals surface area contributed by atoms with Gasteiger partial charge in [0.15, 0.2) is 0 Å². The average Bonchev–Trinajstić information content (AvgIpc) is 2.96. The van der Waals surface area contributed by atoms with Crippen LogP contribution in [-0.4, -0.2) is 29.7 Å². The monoisotopic (exact) mass is 426 g/mol. The van der Waals surface area contributed by atoms with Crippen molar-refractivity contribution in [2.24, 2.45) is 0 Å². The molecule has 0 amide bonds. The molecule has 3 aromatic rings. The van der Waals surface area contributed by atoms with Crippen molar-refractivity contribution in [1.82, 2.24) is 4.98 Å². The molecule has 0 aliphatic rings. The smallest absolute Gasteiger partial charge is 0.462 e. The van der Waals surface area contributed by atoms with Crippen LogP contribution in [-0.2, 0) is 4.74 Å². The Morgan fingerprint density at radius 3 is 2.41 bits per heavy atom. The number of aromatic nitrogens is 1. The number of esters is 1. The first-order valence-electron chi connectivity index (χ1n) is 8.29. The van der Waals surface area contributed by atoms with Gasteiger partial charge in [-0.05, 0) is 43.3 Å². The molecule has 0 saturated carbocycles. The maximum Gasteiger partial charge on any atom is 0.573 e. The molecule has 3 N–H and O–H groups in total. The molecule has 10 heteroatoms. The largest absolute Gasteiger partial charge is 0.573 e. The maximum atomic E-state index is 12.8. The predicted octanol–water partition coefficient (Wildman–Crippen LogP) is 4.71. The zero-order valence-electron chi connectivity index (χ0n) is 14.9. The van der Waals surface area contributed by atoms with Crippen molar-refractivity contribution in [2.45, 2.75) is 13.3 Å². The van der Waals surface area contributed by atoms with Gasteiger partial charge in [0.05, 0.1) is 23.4 Å². The second kappa shape index (κ2) is 7.67. The van der Waals surface area contributed by atoms with E-state index in [1.54, 1.807) is 6.92 Å². The standard InChI is InChI=1S/C19H14ClF3N2O4/c1-2-28-18(27)12-7-10(20)8-13-14(12)15(24)16(25-13)17(26)9-3-5-11(6-4-9)29-19(21,22)23/h3-8,25H,2,24H2,1H3. The molecule has 0 aliphatic carbocycles. The van der Waals surface area contributed by atoms with Gasteiger partial charge in [-0.15, -0.1) is 13.2 Å². The molecule has 1 heterocycles. The summed E-state index contributed by atoms with van der Waals surface area (Å²) < 4.78 is 45.6. The zero-order chi connectivity index (χ0) is 21.3. The summed E-state index contributed by atoms with van der Waals surface area (Å²) in [5.74, 6) is -1.70. The number of rotatable bonds is 5. The van der Waals surface area contributed by atoms with Gasteiger partial charge >= 0.3 is 12.3 Å². The molecule has 0 aliphatic heterocycles. The first-order valence-corrected chi connectivity index (χ1v) is 8.67. The van der Waals surface area contributed by atoms with Crippen LogP contribution in [0.5, 0.6) is 5.75 Å². The Balaban J connectivity index is 2.02. The number of carbonyl (C=O) groups excluding carboxylic acids is 2. The van der Waals surface area contributed by atoms with E-state index in [1.807, 2.05) is 0 Å². The highest BCUT2D eigenvalue weighted by atomic mass is 35.5. The van der Waals surface area contributed by atoms with Crippen LogP contribution in [0.1, 0.15) is 33.3 Å². The summed E-state index contributed by atoms with van der Waals surface area (Å²) in [5, 5.41) is 0.502. The fraction of sp³-hybridized carbons (Fsp3) is 0.158. The van der Waals surface area contributed by atoms with E-state index in [9.17, 15) is 22.8 Å². The average molecular weight is 427 g/mol. The van der Waals surface area contributed by atoms with Gasteiger partial charge in [0.25, 0.3) is 0 Å². The Kier molecular flexibility index (Phi) is 5.43. The number of fused-ring (bicyclic) bond motifs is 1. The lowest BCUT2D eigenvalue weighted by atomic mass is 10.0. The molecule has 0 atom stereocenters. The van der Waals surface area contributed by atoms with Gasteiger partial charge in [0.1, 0.15) is 11.4 Å². The normalized spacial score (nSPS) is 11.5. The number of nitrogens with one attached hydrogen (secondary N) is 1. The highest BCUT2D eigenvalue weighted by molar-refractivity contribution is 6.32. The van der Waals surface area contributed by atoms with Crippen molar-refractivity contribution in [3.05, 3.63) is 58.2 Å². The van der Waals surface area contributed by atoms with Crippen LogP contribution >= 0.6 is 11.6 Å². The second-order valence-corrected chi connectivity index (χ2v) is 6.35. The van der Waals surface area contributed by atoms with Crippen LogP contribution in [0.4, 0.5) is 18.9 Å². The lowest BCUT2D eigenvalue weighted by molar-refractivity contribution is -0.274. The maximum absolute atomic E-state index is 12.8. The highest BCUT2D eigenvalue weighted by Crippen LogP contribution is 2.33. The summed E-state index contributed by atoms with van der Waals surface area (Å²) in [6.45, 7) is 1.77. The fourth-order valence-corrected chi connectivity index (χ4v) is 3.04. The summed E-state index contributed by atoms with van der Waals surface area (Å²) in [6.07, 6.45) is -4.84. The van der Waals surface area contributed by atoms with Crippen LogP contribution in [0, 0.1) is 0 Å². The molecule has 0 radical (unpaired) electrons. The van der Waals surface area contributed by atoms with Crippen molar-refractivity contribution < 1.29 is 32.2 Å². The molecule has 0 fully saturated rings. The van der Waals surface area contributed by atoms with Crippen LogP contribution < -0.4 is 10.5 Å². The van der Waals surface area contributed by atoms with Crippen molar-refractivity contribution in [2.75, 3.05) is 12.3 Å². The quantitative estimate of drug-likeness (QED) is 0.455. The van der Waals surface area contributed by atoms with Crippen LogP contribution in [0.15, 0.2) is 36.4 Å². The molecule has 6 nitrogen and oxygen atoms in total. The van der Waals surface area contributed by atoms with Crippen molar-refractivity contribution in [1.29, 1.82) is 0 Å². The number of H-pyrrole nitrogens is 1. The lowest BCUT2D eigenvalue weighted by Crippen LogP contribution is -2.17. The van der Waals surface area contributed by atoms with E-state index in [-0.39, 0.29) is 39.5 Å². The van der Waals surface area contributed by atoms with Gasteiger partial charge in [-0.1, -0.05) is 11.6 Å². The number of benzene rings is 2. The molecular formula is C19H14ClF3N2O4. The van der Waals surface area contributed by atoms with Gasteiger partial charge in [-0.2, -0.15) is 0 Å². The van der Waals surface area contributed by atoms with E-state index in [0.29, 0.717) is 5.52 Å². The molecular weight excluding hydrogens is 413 g/mol. The number of halogens is 4. The number of aromatic amines is 1. The SMILES string of the molecule is CCOC(=O)c1cc(Cl)cc2[nH]c(C(=O)c3ccc(OC(F)(F)F)cc3)c(N)c12. The van der Waals surface area contributed by atoms with E-state index in [4.69, 9.17) is 22.1 Å². The van der Waals surface area contributed by atoms with E-state index in [1.165, 1.54) is 24.3 Å². The number of ketones is 1. The number of alkyl halides is 3. The third-order valence-electron chi connectivity index (χ3n) is 3.97. The van der Waals surface area contributed by atoms with Gasteiger partial charge in [0.2, 0.25) is 5.78 Å². The van der Waals surface area contributed by atoms with Crippen molar-refractivity contribution in [3.8, 4) is 5.75 Å². The molecule has 3 rings (SSSR count). The first-order chi connectivity index (χ1) is 13.6. The number of nitrogens with two attached hydrogens (primary N) is 1. The minimum atomic E-state index is -4.84. The predicted molar refractivity (Wildman–Crippen MR) is 100 cm³/mol. The Morgan fingerprint density at radius 1 is 1.17 bits per heavy atom. The third-order valence-corrected chi connectivity index (χ3v) is 4.19. The number of nitrogen functional groups attached to an aromatic ring is 1. The first kappa shape index (κ1) is 20.5. The minimum absolute atomic E-state index is 0.000313. The zero-order valence-corrected chi connectivity index (χ0v) is 15.6. The molecule has 0 bridgehead atoms. The minimum Gasteiger partial charge on any atom is -0.462 e. The van der Waals surface area contributed by atoms with E-state index in [0.717, 1.165) is 12.1 Å². The Hall–Kier alpha value is -3.20. The number of hydrogen-bond acceptors (Lipinski definition) is 5. The Morgan fingerprint density at radius 2 is 1.83 bits per heavy atom. The Bertz CT molecular complexity index is 1090. The van der Waals surface area contributed by atoms with E-state index >= 15 is 0 Å². The highest BCUT2D eigenvalue weighted by Gasteiger charge is 2.31. The van der Waals surface area contributed by atoms with Gasteiger partial charge < -0.3 is 20.2 Å². The molecule has 2 aromatic carbocycles. The number of ether oxygens (including phenoxy) is 2. The summed E-state index contributed by atoms with van der Waals surface area (Å²) >= 11 is 6.04. The summed E-state index contributed by atoms with van der Waals surface area (Å²) in [4.78, 5) is 27.8. The molecule has 0 spiro atoms. The molecule has 0 saturated heterocycles. The van der Waals surface area contributed by atoms with E-state index in [2.05, 4.69) is 9.72 Å². The van der Waals surface area contributed by atoms with Gasteiger partial charge in [-0.3, -0.25) is 4.79 Å². The summed E-state index contributed by atoms with van der Waals surface area (Å²) in [6, 6.07) is 7.25. The van der Waals surface area contributed by atoms with Gasteiger partial charge in [0, 0.05) is 16.0 Å². The Labute approximate surface area is 167 Å². The molecule has 1 aromatic heterocycles. The summed E-state index contributed by atoms with van der Waals surface area (Å²) in [7, 11) is 0. The fourth-order valence-electron chi connectivity index (χ4n) is 2.82. The van der Waals surface area contributed by atoms with Crippen molar-refractivity contribution >= 4 is 39.9 Å². The molecule has 0 unspecified atom stereocenters. The third kappa shape index (κ3) is 4.29. The van der Waals surface area contributed by atoms with Gasteiger partial charge in [-0.25, -0.2) is 4.79 Å².